The van der Waals surface area contributed by atoms with Crippen molar-refractivity contribution in [3.63, 3.8) is 0 Å². The lowest BCUT2D eigenvalue weighted by Gasteiger charge is -2.00. The van der Waals surface area contributed by atoms with Crippen LogP contribution in [0, 0.1) is 17.0 Å². The molecule has 0 aliphatic carbocycles. The van der Waals surface area contributed by atoms with Crippen molar-refractivity contribution in [1.82, 2.24) is 14.9 Å². The lowest BCUT2D eigenvalue weighted by atomic mass is 10.1. The average molecular weight is 398 g/mol. The number of hydrazone groups is 1. The number of non-ortho nitro benzene ring substituents is 1. The van der Waals surface area contributed by atoms with Crippen LogP contribution in [0.5, 0.6) is 0 Å². The molecule has 2 heterocycles. The standard InChI is InChI=1S/C14H12ClN7O3.ClH/c1-8-18-20-14(21(8)16)19-17-7-10-3-5-13(25-10)11-4-2-9(22(23)24)6-12(11)15;/h2-7H,16H2,1H3,(H,19,20);1H/b17-7+;. The van der Waals surface area contributed by atoms with Crippen molar-refractivity contribution in [1.29, 1.82) is 0 Å². The van der Waals surface area contributed by atoms with Gasteiger partial charge in [-0.05, 0) is 25.1 Å². The van der Waals surface area contributed by atoms with Gasteiger partial charge in [0.05, 0.1) is 16.2 Å². The van der Waals surface area contributed by atoms with Gasteiger partial charge in [-0.2, -0.15) is 5.10 Å². The van der Waals surface area contributed by atoms with Gasteiger partial charge in [0, 0.05) is 17.7 Å². The van der Waals surface area contributed by atoms with E-state index in [1.54, 1.807) is 19.1 Å². The summed E-state index contributed by atoms with van der Waals surface area (Å²) in [6.45, 7) is 1.70. The van der Waals surface area contributed by atoms with E-state index in [-0.39, 0.29) is 29.1 Å². The molecule has 1 aromatic carbocycles. The molecule has 0 atom stereocenters. The maximum atomic E-state index is 10.7. The van der Waals surface area contributed by atoms with Crippen molar-refractivity contribution in [3.8, 4) is 11.3 Å². The van der Waals surface area contributed by atoms with Crippen molar-refractivity contribution in [3.05, 3.63) is 57.1 Å². The number of aromatic nitrogens is 3. The van der Waals surface area contributed by atoms with Gasteiger partial charge in [0.15, 0.2) is 5.82 Å². The van der Waals surface area contributed by atoms with Crippen LogP contribution in [0.3, 0.4) is 0 Å². The third kappa shape index (κ3) is 3.92. The summed E-state index contributed by atoms with van der Waals surface area (Å²) in [6.07, 6.45) is 1.42. The molecule has 3 aromatic rings. The largest absolute Gasteiger partial charge is 0.455 e. The number of nitrogen functional groups attached to an aromatic ring is 1. The third-order valence-electron chi connectivity index (χ3n) is 3.28. The Morgan fingerprint density at radius 2 is 2.15 bits per heavy atom. The van der Waals surface area contributed by atoms with Crippen LogP contribution in [0.4, 0.5) is 11.6 Å². The quantitative estimate of drug-likeness (QED) is 0.292. The number of aryl methyl sites for hydroxylation is 1. The summed E-state index contributed by atoms with van der Waals surface area (Å²) < 4.78 is 6.86. The maximum absolute atomic E-state index is 10.7. The molecule has 0 fully saturated rings. The van der Waals surface area contributed by atoms with E-state index in [4.69, 9.17) is 21.9 Å². The molecule has 0 saturated carbocycles. The Morgan fingerprint density at radius 1 is 1.38 bits per heavy atom. The summed E-state index contributed by atoms with van der Waals surface area (Å²) in [6, 6.07) is 7.51. The number of anilines is 1. The molecule has 0 amide bonds. The lowest BCUT2D eigenvalue weighted by Crippen LogP contribution is -2.13. The maximum Gasteiger partial charge on any atom is 0.270 e. The predicted molar refractivity (Wildman–Crippen MR) is 99.2 cm³/mol. The fraction of sp³-hybridized carbons (Fsp3) is 0.0714. The highest BCUT2D eigenvalue weighted by molar-refractivity contribution is 6.33. The molecule has 0 unspecified atom stereocenters. The number of nitrogens with one attached hydrogen (secondary N) is 1. The number of nitrogens with two attached hydrogens (primary N) is 1. The zero-order valence-corrected chi connectivity index (χ0v) is 14.9. The highest BCUT2D eigenvalue weighted by atomic mass is 35.5. The Labute approximate surface area is 158 Å². The second kappa shape index (κ2) is 7.85. The first kappa shape index (κ1) is 19.2. The van der Waals surface area contributed by atoms with Crippen molar-refractivity contribution in [2.24, 2.45) is 5.10 Å². The summed E-state index contributed by atoms with van der Waals surface area (Å²) in [7, 11) is 0. The number of benzene rings is 1. The number of nitro benzene ring substituents is 1. The van der Waals surface area contributed by atoms with Gasteiger partial charge in [-0.25, -0.2) is 10.1 Å². The minimum absolute atomic E-state index is 0. The van der Waals surface area contributed by atoms with Crippen molar-refractivity contribution in [2.75, 3.05) is 11.3 Å². The molecule has 2 aromatic heterocycles. The monoisotopic (exact) mass is 397 g/mol. The van der Waals surface area contributed by atoms with Crippen LogP contribution in [0.15, 0.2) is 39.9 Å². The Morgan fingerprint density at radius 3 is 2.77 bits per heavy atom. The third-order valence-corrected chi connectivity index (χ3v) is 3.59. The number of nitrogens with zero attached hydrogens (tertiary/aromatic N) is 5. The van der Waals surface area contributed by atoms with Crippen molar-refractivity contribution >= 4 is 41.9 Å². The van der Waals surface area contributed by atoms with E-state index in [2.05, 4.69) is 20.7 Å². The van der Waals surface area contributed by atoms with E-state index >= 15 is 0 Å². The fourth-order valence-electron chi connectivity index (χ4n) is 1.98. The van der Waals surface area contributed by atoms with E-state index in [1.807, 2.05) is 0 Å². The molecular formula is C14H13Cl2N7O3. The van der Waals surface area contributed by atoms with Gasteiger partial charge in [-0.15, -0.1) is 22.6 Å². The van der Waals surface area contributed by atoms with Crippen LogP contribution in [0.1, 0.15) is 11.6 Å². The molecule has 0 bridgehead atoms. The first-order chi connectivity index (χ1) is 12.0. The number of hydrogen-bond acceptors (Lipinski definition) is 8. The molecule has 12 heteroatoms. The van der Waals surface area contributed by atoms with Crippen LogP contribution in [0.25, 0.3) is 11.3 Å². The zero-order valence-electron chi connectivity index (χ0n) is 13.3. The number of rotatable bonds is 5. The van der Waals surface area contributed by atoms with Gasteiger partial charge in [-0.1, -0.05) is 11.6 Å². The molecule has 0 saturated heterocycles. The number of hydrogen-bond donors (Lipinski definition) is 2. The number of halogens is 2. The fourth-order valence-corrected chi connectivity index (χ4v) is 2.25. The molecular weight excluding hydrogens is 385 g/mol. The van der Waals surface area contributed by atoms with Crippen LogP contribution in [-0.2, 0) is 0 Å². The van der Waals surface area contributed by atoms with E-state index < -0.39 is 4.92 Å². The van der Waals surface area contributed by atoms with E-state index in [0.717, 1.165) is 0 Å². The van der Waals surface area contributed by atoms with Crippen LogP contribution in [0.2, 0.25) is 5.02 Å². The number of nitro groups is 1. The molecule has 10 nitrogen and oxygen atoms in total. The second-order valence-electron chi connectivity index (χ2n) is 4.93. The summed E-state index contributed by atoms with van der Waals surface area (Å²) in [5.74, 6) is 7.39. The lowest BCUT2D eigenvalue weighted by molar-refractivity contribution is -0.384. The van der Waals surface area contributed by atoms with Crippen LogP contribution in [-0.4, -0.2) is 26.0 Å². The van der Waals surface area contributed by atoms with Gasteiger partial charge in [0.1, 0.15) is 11.5 Å². The van der Waals surface area contributed by atoms with Crippen LogP contribution < -0.4 is 11.3 Å². The van der Waals surface area contributed by atoms with Gasteiger partial charge >= 0.3 is 0 Å². The van der Waals surface area contributed by atoms with Gasteiger partial charge < -0.3 is 10.3 Å². The Kier molecular flexibility index (Phi) is 5.80. The van der Waals surface area contributed by atoms with E-state index in [1.165, 1.54) is 29.1 Å². The van der Waals surface area contributed by atoms with E-state index in [9.17, 15) is 10.1 Å². The van der Waals surface area contributed by atoms with Crippen molar-refractivity contribution < 1.29 is 9.34 Å². The molecule has 26 heavy (non-hydrogen) atoms. The topological polar surface area (TPSA) is 137 Å². The first-order valence-corrected chi connectivity index (χ1v) is 7.34. The second-order valence-corrected chi connectivity index (χ2v) is 5.34. The van der Waals surface area contributed by atoms with E-state index in [0.29, 0.717) is 22.9 Å². The first-order valence-electron chi connectivity index (χ1n) is 6.96. The predicted octanol–water partition coefficient (Wildman–Crippen LogP) is 2.99. The summed E-state index contributed by atoms with van der Waals surface area (Å²) in [5.41, 5.74) is 3.08. The van der Waals surface area contributed by atoms with Crippen LogP contribution >= 0.6 is 24.0 Å². The Hall–Kier alpha value is -3.11. The molecule has 0 spiro atoms. The number of furan rings is 1. The zero-order chi connectivity index (χ0) is 18.0. The minimum atomic E-state index is -0.514. The Bertz CT molecular complexity index is 967. The molecule has 0 radical (unpaired) electrons. The molecule has 136 valence electrons. The SMILES string of the molecule is Cc1nnc(N/N=C/c2ccc(-c3ccc([N+](=O)[O-])cc3Cl)o2)n1N.Cl. The van der Waals surface area contributed by atoms with Gasteiger partial charge in [0.25, 0.3) is 11.6 Å². The van der Waals surface area contributed by atoms with Crippen molar-refractivity contribution in [2.45, 2.75) is 6.92 Å². The highest BCUT2D eigenvalue weighted by Crippen LogP contribution is 2.32. The smallest absolute Gasteiger partial charge is 0.270 e. The normalized spacial score (nSPS) is 10.7. The Balaban J connectivity index is 0.00000243. The van der Waals surface area contributed by atoms with Gasteiger partial charge in [0.2, 0.25) is 0 Å². The van der Waals surface area contributed by atoms with Gasteiger partial charge in [-0.3, -0.25) is 10.1 Å². The summed E-state index contributed by atoms with van der Waals surface area (Å²) in [4.78, 5) is 10.2. The molecule has 3 N–H and O–H groups in total. The molecule has 0 aliphatic rings. The summed E-state index contributed by atoms with van der Waals surface area (Å²) in [5, 5.41) is 22.5. The molecule has 0 aliphatic heterocycles. The molecule has 3 rings (SSSR count). The highest BCUT2D eigenvalue weighted by Gasteiger charge is 2.13. The summed E-state index contributed by atoms with van der Waals surface area (Å²) >= 11 is 6.08. The average Bonchev–Trinajstić information content (AvgIpc) is 3.16. The minimum Gasteiger partial charge on any atom is -0.455 e.